The minimum atomic E-state index is 0.147. The van der Waals surface area contributed by atoms with E-state index in [0.717, 1.165) is 65.1 Å². The van der Waals surface area contributed by atoms with Crippen molar-refractivity contribution in [2.75, 3.05) is 26.3 Å². The number of pyridine rings is 1. The highest BCUT2D eigenvalue weighted by molar-refractivity contribution is 5.24. The maximum absolute atomic E-state index is 12.5. The second-order valence-electron chi connectivity index (χ2n) is 7.22. The molecule has 5 heteroatoms. The van der Waals surface area contributed by atoms with Crippen LogP contribution in [0.15, 0.2) is 39.9 Å². The van der Waals surface area contributed by atoms with Crippen LogP contribution in [-0.4, -0.2) is 35.8 Å². The fourth-order valence-corrected chi connectivity index (χ4v) is 4.03. The smallest absolute Gasteiger partial charge is 0.250 e. The zero-order chi connectivity index (χ0) is 17.1. The Kier molecular flexibility index (Phi) is 5.04. The maximum Gasteiger partial charge on any atom is 0.250 e. The van der Waals surface area contributed by atoms with E-state index in [0.29, 0.717) is 5.92 Å². The first kappa shape index (κ1) is 16.6. The van der Waals surface area contributed by atoms with Crippen molar-refractivity contribution in [3.05, 3.63) is 57.9 Å². The molecular formula is C20H26N2O3. The number of fused-ring (bicyclic) bond motifs is 1. The normalized spacial score (nSPS) is 19.5. The summed E-state index contributed by atoms with van der Waals surface area (Å²) in [4.78, 5) is 15.0. The molecule has 0 unspecified atom stereocenters. The van der Waals surface area contributed by atoms with Crippen molar-refractivity contribution >= 4 is 0 Å². The molecule has 0 spiro atoms. The zero-order valence-corrected chi connectivity index (χ0v) is 14.7. The third-order valence-corrected chi connectivity index (χ3v) is 5.52. The molecule has 25 heavy (non-hydrogen) atoms. The van der Waals surface area contributed by atoms with Gasteiger partial charge in [0.05, 0.1) is 12.5 Å². The third kappa shape index (κ3) is 3.88. The minimum Gasteiger partial charge on any atom is -0.472 e. The van der Waals surface area contributed by atoms with E-state index in [1.54, 1.807) is 12.3 Å². The summed E-state index contributed by atoms with van der Waals surface area (Å²) < 4.78 is 12.7. The SMILES string of the molecule is O=c1ccc2c(n1CC1CCOCC1)CCN(Cc1ccoc1)CC2. The van der Waals surface area contributed by atoms with Crippen LogP contribution in [0, 0.1) is 5.92 Å². The molecule has 0 amide bonds. The Hall–Kier alpha value is -1.85. The second kappa shape index (κ2) is 7.58. The molecule has 134 valence electrons. The molecular weight excluding hydrogens is 316 g/mol. The van der Waals surface area contributed by atoms with Crippen molar-refractivity contribution in [1.29, 1.82) is 0 Å². The molecule has 0 aromatic carbocycles. The van der Waals surface area contributed by atoms with Crippen LogP contribution >= 0.6 is 0 Å². The summed E-state index contributed by atoms with van der Waals surface area (Å²) in [6, 6.07) is 5.82. The number of furan rings is 1. The third-order valence-electron chi connectivity index (χ3n) is 5.52. The standard InChI is InChI=1S/C20H26N2O3/c23-20-2-1-18-3-8-21(13-17-7-12-25-15-17)9-4-19(18)22(20)14-16-5-10-24-11-6-16/h1-2,7,12,15-16H,3-6,8-11,13-14H2. The summed E-state index contributed by atoms with van der Waals surface area (Å²) in [5.41, 5.74) is 3.94. The van der Waals surface area contributed by atoms with E-state index in [1.165, 1.54) is 16.8 Å². The highest BCUT2D eigenvalue weighted by Gasteiger charge is 2.21. The summed E-state index contributed by atoms with van der Waals surface area (Å²) in [5.74, 6) is 0.559. The first-order valence-corrected chi connectivity index (χ1v) is 9.32. The minimum absolute atomic E-state index is 0.147. The highest BCUT2D eigenvalue weighted by atomic mass is 16.5. The lowest BCUT2D eigenvalue weighted by molar-refractivity contribution is 0.0606. The molecule has 2 aliphatic heterocycles. The molecule has 1 saturated heterocycles. The Balaban J connectivity index is 1.51. The molecule has 0 bridgehead atoms. The second-order valence-corrected chi connectivity index (χ2v) is 7.22. The van der Waals surface area contributed by atoms with Gasteiger partial charge in [-0.2, -0.15) is 0 Å². The van der Waals surface area contributed by atoms with E-state index < -0.39 is 0 Å². The Labute approximate surface area is 148 Å². The number of hydrogen-bond donors (Lipinski definition) is 0. The molecule has 0 atom stereocenters. The van der Waals surface area contributed by atoms with Crippen LogP contribution in [-0.2, 0) is 30.7 Å². The monoisotopic (exact) mass is 342 g/mol. The number of ether oxygens (including phenoxy) is 1. The molecule has 5 nitrogen and oxygen atoms in total. The van der Waals surface area contributed by atoms with Crippen LogP contribution in [0.3, 0.4) is 0 Å². The average Bonchev–Trinajstić information content (AvgIpc) is 3.06. The Morgan fingerprint density at radius 1 is 1.08 bits per heavy atom. The first-order chi connectivity index (χ1) is 12.3. The number of aromatic nitrogens is 1. The summed E-state index contributed by atoms with van der Waals surface area (Å²) in [6.45, 7) is 5.41. The van der Waals surface area contributed by atoms with E-state index in [2.05, 4.69) is 4.90 Å². The molecule has 0 saturated carbocycles. The lowest BCUT2D eigenvalue weighted by Gasteiger charge is -2.25. The van der Waals surface area contributed by atoms with Gasteiger partial charge in [0.1, 0.15) is 0 Å². The van der Waals surface area contributed by atoms with E-state index >= 15 is 0 Å². The van der Waals surface area contributed by atoms with Gasteiger partial charge in [0, 0.05) is 63.1 Å². The molecule has 0 N–H and O–H groups in total. The zero-order valence-electron chi connectivity index (χ0n) is 14.7. The number of rotatable bonds is 4. The van der Waals surface area contributed by atoms with Crippen molar-refractivity contribution < 1.29 is 9.15 Å². The lowest BCUT2D eigenvalue weighted by Crippen LogP contribution is -2.30. The molecule has 4 heterocycles. The molecule has 2 aliphatic rings. The largest absolute Gasteiger partial charge is 0.472 e. The summed E-state index contributed by atoms with van der Waals surface area (Å²) in [5, 5.41) is 0. The Bertz CT molecular complexity index is 745. The van der Waals surface area contributed by atoms with E-state index in [4.69, 9.17) is 9.15 Å². The van der Waals surface area contributed by atoms with Gasteiger partial charge in [-0.1, -0.05) is 6.07 Å². The van der Waals surface area contributed by atoms with Gasteiger partial charge in [0.2, 0.25) is 0 Å². The molecule has 2 aromatic rings. The van der Waals surface area contributed by atoms with Gasteiger partial charge in [-0.3, -0.25) is 9.69 Å². The molecule has 0 aliphatic carbocycles. The summed E-state index contributed by atoms with van der Waals surface area (Å²) in [6.07, 6.45) is 7.60. The van der Waals surface area contributed by atoms with Crippen molar-refractivity contribution in [3.8, 4) is 0 Å². The van der Waals surface area contributed by atoms with Crippen molar-refractivity contribution in [3.63, 3.8) is 0 Å². The molecule has 4 rings (SSSR count). The van der Waals surface area contributed by atoms with Crippen molar-refractivity contribution in [2.45, 2.75) is 38.8 Å². The topological polar surface area (TPSA) is 47.6 Å². The van der Waals surface area contributed by atoms with Crippen LogP contribution in [0.4, 0.5) is 0 Å². The van der Waals surface area contributed by atoms with Gasteiger partial charge in [-0.05, 0) is 36.8 Å². The van der Waals surface area contributed by atoms with Crippen molar-refractivity contribution in [2.24, 2.45) is 5.92 Å². The molecule has 1 fully saturated rings. The van der Waals surface area contributed by atoms with Gasteiger partial charge in [-0.25, -0.2) is 0 Å². The van der Waals surface area contributed by atoms with Crippen LogP contribution in [0.5, 0.6) is 0 Å². The van der Waals surface area contributed by atoms with Crippen LogP contribution < -0.4 is 5.56 Å². The first-order valence-electron chi connectivity index (χ1n) is 9.32. The van der Waals surface area contributed by atoms with E-state index in [9.17, 15) is 4.79 Å². The fraction of sp³-hybridized carbons (Fsp3) is 0.550. The van der Waals surface area contributed by atoms with Gasteiger partial charge >= 0.3 is 0 Å². The van der Waals surface area contributed by atoms with Crippen LogP contribution in [0.25, 0.3) is 0 Å². The lowest BCUT2D eigenvalue weighted by atomic mass is 9.99. The highest BCUT2D eigenvalue weighted by Crippen LogP contribution is 2.21. The average molecular weight is 342 g/mol. The molecule has 0 radical (unpaired) electrons. The van der Waals surface area contributed by atoms with Crippen LogP contribution in [0.1, 0.15) is 29.7 Å². The van der Waals surface area contributed by atoms with Gasteiger partial charge in [0.25, 0.3) is 5.56 Å². The van der Waals surface area contributed by atoms with E-state index in [-0.39, 0.29) is 5.56 Å². The summed E-state index contributed by atoms with van der Waals surface area (Å²) in [7, 11) is 0. The quantitative estimate of drug-likeness (QED) is 0.856. The Morgan fingerprint density at radius 3 is 2.72 bits per heavy atom. The van der Waals surface area contributed by atoms with Gasteiger partial charge in [-0.15, -0.1) is 0 Å². The van der Waals surface area contributed by atoms with Gasteiger partial charge < -0.3 is 13.7 Å². The van der Waals surface area contributed by atoms with Gasteiger partial charge in [0.15, 0.2) is 0 Å². The molecule has 2 aromatic heterocycles. The predicted molar refractivity (Wildman–Crippen MR) is 95.6 cm³/mol. The number of hydrogen-bond acceptors (Lipinski definition) is 4. The van der Waals surface area contributed by atoms with Crippen LogP contribution in [0.2, 0.25) is 0 Å². The predicted octanol–water partition coefficient (Wildman–Crippen LogP) is 2.47. The fourth-order valence-electron chi connectivity index (χ4n) is 4.03. The Morgan fingerprint density at radius 2 is 1.92 bits per heavy atom. The summed E-state index contributed by atoms with van der Waals surface area (Å²) >= 11 is 0. The number of nitrogens with zero attached hydrogens (tertiary/aromatic N) is 2. The van der Waals surface area contributed by atoms with E-state index in [1.807, 2.05) is 23.0 Å². The van der Waals surface area contributed by atoms with Crippen molar-refractivity contribution in [1.82, 2.24) is 9.47 Å². The maximum atomic E-state index is 12.5.